The van der Waals surface area contributed by atoms with Gasteiger partial charge >= 0.3 is 0 Å². The Hall–Kier alpha value is -1.70. The summed E-state index contributed by atoms with van der Waals surface area (Å²) in [6, 6.07) is 11.5. The second-order valence-corrected chi connectivity index (χ2v) is 9.95. The molecule has 4 rings (SSSR count). The maximum atomic E-state index is 13.1. The summed E-state index contributed by atoms with van der Waals surface area (Å²) in [7, 11) is -3.41. The van der Waals surface area contributed by atoms with Crippen LogP contribution in [0.1, 0.15) is 24.8 Å². The quantitative estimate of drug-likeness (QED) is 0.809. The molecule has 0 bridgehead atoms. The van der Waals surface area contributed by atoms with Crippen molar-refractivity contribution in [3.05, 3.63) is 47.3 Å². The van der Waals surface area contributed by atoms with Crippen LogP contribution in [-0.2, 0) is 21.2 Å². The monoisotopic (exact) mass is 390 g/mol. The van der Waals surface area contributed by atoms with Gasteiger partial charge in [0.2, 0.25) is 5.91 Å². The number of piperidine rings is 1. The van der Waals surface area contributed by atoms with E-state index in [0.717, 1.165) is 25.1 Å². The Bertz CT molecular complexity index is 885. The van der Waals surface area contributed by atoms with Crippen LogP contribution in [0.4, 0.5) is 5.69 Å². The fourth-order valence-electron chi connectivity index (χ4n) is 3.86. The fourth-order valence-corrected chi connectivity index (χ4v) is 6.48. The molecule has 2 aliphatic heterocycles. The Labute approximate surface area is 158 Å². The van der Waals surface area contributed by atoms with Crippen molar-refractivity contribution in [2.75, 3.05) is 24.5 Å². The minimum Gasteiger partial charge on any atom is -0.312 e. The molecule has 2 aliphatic rings. The Balaban J connectivity index is 1.45. The highest BCUT2D eigenvalue weighted by atomic mass is 32.2. The average molecular weight is 391 g/mol. The van der Waals surface area contributed by atoms with E-state index in [1.54, 1.807) is 17.5 Å². The zero-order valence-electron chi connectivity index (χ0n) is 14.5. The van der Waals surface area contributed by atoms with Crippen LogP contribution in [0.3, 0.4) is 0 Å². The second-order valence-electron chi connectivity index (χ2n) is 6.83. The van der Waals surface area contributed by atoms with Gasteiger partial charge in [0, 0.05) is 31.2 Å². The number of nitrogens with zero attached hydrogens (tertiary/aromatic N) is 2. The van der Waals surface area contributed by atoms with Crippen LogP contribution < -0.4 is 4.90 Å². The van der Waals surface area contributed by atoms with Crippen LogP contribution in [-0.4, -0.2) is 38.3 Å². The van der Waals surface area contributed by atoms with E-state index >= 15 is 0 Å². The van der Waals surface area contributed by atoms with E-state index in [-0.39, 0.29) is 11.8 Å². The zero-order valence-corrected chi connectivity index (χ0v) is 16.1. The maximum absolute atomic E-state index is 13.1. The van der Waals surface area contributed by atoms with Crippen LogP contribution >= 0.6 is 11.3 Å². The number of carbonyl (C=O) groups excluding carboxylic acids is 1. The first-order valence-electron chi connectivity index (χ1n) is 9.00. The maximum Gasteiger partial charge on any atom is 0.252 e. The summed E-state index contributed by atoms with van der Waals surface area (Å²) in [6.07, 6.45) is 3.16. The topological polar surface area (TPSA) is 57.7 Å². The molecule has 0 N–H and O–H groups in total. The Kier molecular flexibility index (Phi) is 4.86. The van der Waals surface area contributed by atoms with Crippen molar-refractivity contribution in [1.82, 2.24) is 4.31 Å². The van der Waals surface area contributed by atoms with Gasteiger partial charge in [-0.25, -0.2) is 8.42 Å². The number of rotatable bonds is 3. The van der Waals surface area contributed by atoms with E-state index in [0.29, 0.717) is 30.1 Å². The van der Waals surface area contributed by atoms with Gasteiger partial charge in [0.15, 0.2) is 0 Å². The number of fused-ring (bicyclic) bond motifs is 1. The molecular formula is C19H22N2O3S2. The molecule has 1 saturated heterocycles. The molecule has 0 spiro atoms. The summed E-state index contributed by atoms with van der Waals surface area (Å²) in [6.45, 7) is 1.57. The molecule has 1 aromatic carbocycles. The molecular weight excluding hydrogens is 368 g/mol. The highest BCUT2D eigenvalue weighted by Crippen LogP contribution is 2.31. The SMILES string of the molecule is O=C(C1CCN(S(=O)(=O)c2cccs2)CC1)N1CCCc2ccccc21. The summed E-state index contributed by atoms with van der Waals surface area (Å²) in [4.78, 5) is 15.0. The third kappa shape index (κ3) is 3.19. The molecule has 1 aromatic heterocycles. The number of para-hydroxylation sites is 1. The Morgan fingerprint density at radius 3 is 2.54 bits per heavy atom. The molecule has 0 saturated carbocycles. The average Bonchev–Trinajstić information content (AvgIpc) is 3.23. The Morgan fingerprint density at radius 1 is 1.04 bits per heavy atom. The highest BCUT2D eigenvalue weighted by molar-refractivity contribution is 7.91. The van der Waals surface area contributed by atoms with Crippen molar-refractivity contribution in [2.45, 2.75) is 29.9 Å². The smallest absolute Gasteiger partial charge is 0.252 e. The van der Waals surface area contributed by atoms with Crippen LogP contribution in [0.25, 0.3) is 0 Å². The molecule has 0 aliphatic carbocycles. The van der Waals surface area contributed by atoms with Gasteiger partial charge in [0.25, 0.3) is 10.0 Å². The molecule has 5 nitrogen and oxygen atoms in total. The van der Waals surface area contributed by atoms with Gasteiger partial charge in [-0.2, -0.15) is 4.31 Å². The van der Waals surface area contributed by atoms with Gasteiger partial charge in [0.05, 0.1) is 0 Å². The van der Waals surface area contributed by atoms with Gasteiger partial charge in [-0.3, -0.25) is 4.79 Å². The number of thiophene rings is 1. The third-order valence-electron chi connectivity index (χ3n) is 5.27. The lowest BCUT2D eigenvalue weighted by molar-refractivity contribution is -0.123. The molecule has 7 heteroatoms. The largest absolute Gasteiger partial charge is 0.312 e. The second kappa shape index (κ2) is 7.13. The van der Waals surface area contributed by atoms with Crippen LogP contribution in [0, 0.1) is 5.92 Å². The molecule has 3 heterocycles. The lowest BCUT2D eigenvalue weighted by Crippen LogP contribution is -2.45. The van der Waals surface area contributed by atoms with Crippen molar-refractivity contribution in [3.8, 4) is 0 Å². The fraction of sp³-hybridized carbons (Fsp3) is 0.421. The van der Waals surface area contributed by atoms with Gasteiger partial charge in [-0.1, -0.05) is 24.3 Å². The van der Waals surface area contributed by atoms with E-state index in [9.17, 15) is 13.2 Å². The molecule has 1 amide bonds. The molecule has 1 fully saturated rings. The molecule has 138 valence electrons. The first kappa shape index (κ1) is 17.7. The Morgan fingerprint density at radius 2 is 1.81 bits per heavy atom. The lowest BCUT2D eigenvalue weighted by atomic mass is 9.94. The van der Waals surface area contributed by atoms with E-state index in [1.807, 2.05) is 23.1 Å². The summed E-state index contributed by atoms with van der Waals surface area (Å²) < 4.78 is 27.2. The predicted octanol–water partition coefficient (Wildman–Crippen LogP) is 3.13. The van der Waals surface area contributed by atoms with E-state index in [4.69, 9.17) is 0 Å². The summed E-state index contributed by atoms with van der Waals surface area (Å²) in [5, 5.41) is 1.77. The highest BCUT2D eigenvalue weighted by Gasteiger charge is 2.35. The number of hydrogen-bond acceptors (Lipinski definition) is 4. The number of anilines is 1. The van der Waals surface area contributed by atoms with Crippen LogP contribution in [0.15, 0.2) is 46.0 Å². The summed E-state index contributed by atoms with van der Waals surface area (Å²) in [5.74, 6) is 0.0428. The zero-order chi connectivity index (χ0) is 18.1. The van der Waals surface area contributed by atoms with Crippen molar-refractivity contribution in [3.63, 3.8) is 0 Å². The van der Waals surface area contributed by atoms with Gasteiger partial charge < -0.3 is 4.90 Å². The molecule has 0 atom stereocenters. The van der Waals surface area contributed by atoms with E-state index < -0.39 is 10.0 Å². The predicted molar refractivity (Wildman–Crippen MR) is 103 cm³/mol. The first-order valence-corrected chi connectivity index (χ1v) is 11.3. The molecule has 0 unspecified atom stereocenters. The minimum absolute atomic E-state index is 0.101. The van der Waals surface area contributed by atoms with E-state index in [1.165, 1.54) is 21.2 Å². The van der Waals surface area contributed by atoms with Crippen LogP contribution in [0.2, 0.25) is 0 Å². The van der Waals surface area contributed by atoms with Gasteiger partial charge in [0.1, 0.15) is 4.21 Å². The normalized spacial score (nSPS) is 19.3. The number of benzene rings is 1. The van der Waals surface area contributed by atoms with Crippen molar-refractivity contribution in [2.24, 2.45) is 5.92 Å². The number of amides is 1. The molecule has 26 heavy (non-hydrogen) atoms. The van der Waals surface area contributed by atoms with Gasteiger partial charge in [-0.05, 0) is 48.8 Å². The van der Waals surface area contributed by atoms with Crippen molar-refractivity contribution >= 4 is 33.0 Å². The first-order chi connectivity index (χ1) is 12.6. The number of carbonyl (C=O) groups is 1. The third-order valence-corrected chi connectivity index (χ3v) is 8.54. The van der Waals surface area contributed by atoms with Crippen LogP contribution in [0.5, 0.6) is 0 Å². The minimum atomic E-state index is -3.41. The van der Waals surface area contributed by atoms with Crippen molar-refractivity contribution in [1.29, 1.82) is 0 Å². The number of hydrogen-bond donors (Lipinski definition) is 0. The number of sulfonamides is 1. The molecule has 0 radical (unpaired) electrons. The number of aryl methyl sites for hydroxylation is 1. The summed E-state index contributed by atoms with van der Waals surface area (Å²) in [5.41, 5.74) is 2.25. The van der Waals surface area contributed by atoms with E-state index in [2.05, 4.69) is 6.07 Å². The van der Waals surface area contributed by atoms with Crippen molar-refractivity contribution < 1.29 is 13.2 Å². The standard InChI is InChI=1S/C19H22N2O3S2/c22-19(21-11-3-6-15-5-1-2-7-17(15)21)16-9-12-20(13-10-16)26(23,24)18-8-4-14-25-18/h1-2,4-5,7-8,14,16H,3,6,9-13H2. The molecule has 2 aromatic rings. The summed E-state index contributed by atoms with van der Waals surface area (Å²) >= 11 is 1.24. The lowest BCUT2D eigenvalue weighted by Gasteiger charge is -2.35. The van der Waals surface area contributed by atoms with Gasteiger partial charge in [-0.15, -0.1) is 11.3 Å².